The molecule has 18 nitrogen and oxygen atoms in total. The summed E-state index contributed by atoms with van der Waals surface area (Å²) in [6, 6.07) is 21.7. The molecule has 1 amide bonds. The number of carbonyl (C=O) groups is 8. The fourth-order valence-corrected chi connectivity index (χ4v) is 11.5. The second-order valence-electron chi connectivity index (χ2n) is 20.8. The van der Waals surface area contributed by atoms with E-state index < -0.39 is 131 Å². The number of hydrogen-bond donors (Lipinski definition) is 4. The van der Waals surface area contributed by atoms with Gasteiger partial charge in [-0.05, 0) is 73.7 Å². The van der Waals surface area contributed by atoms with Gasteiger partial charge in [0.15, 0.2) is 17.5 Å². The largest absolute Gasteiger partial charge is 0.455 e. The summed E-state index contributed by atoms with van der Waals surface area (Å²) in [5, 5.41) is 32.2. The van der Waals surface area contributed by atoms with Gasteiger partial charge in [0.05, 0.1) is 29.6 Å². The number of hydrogen-bond acceptors (Lipinski definition) is 17. The number of aliphatic hydroxyl groups excluding tert-OH is 1. The maximum absolute atomic E-state index is 15.8. The van der Waals surface area contributed by atoms with Crippen LogP contribution in [0.5, 0.6) is 0 Å². The van der Waals surface area contributed by atoms with Crippen LogP contribution in [-0.4, -0.2) is 125 Å². The van der Waals surface area contributed by atoms with Crippen molar-refractivity contribution < 1.29 is 77.0 Å². The predicted octanol–water partition coefficient (Wildman–Crippen LogP) is 4.88. The molecule has 3 fully saturated rings. The molecule has 2 saturated carbocycles. The quantitative estimate of drug-likeness (QED) is 0.0435. The second kappa shape index (κ2) is 22.1. The standard InChI is InChI=1S/C56H66N2O16/c1-31(2)42(57-26-18-19-27-59)51(66)72-45(43(35-20-12-9-13-21-35)58-49(64)36-22-14-10-15-23-36)52(67)71-38-29-56(68)48(73-50(65)37-24-16-11-17-25-37)46-54(8,39(62)28-40-55(46,30-69-40)74-34(5)61)47(63)44(70-33(4)60)41(32(38)3)53(56,6)7/h9-17,20-25,27,31,38-40,42-46,48,57,62,68H,18-19,26,28-30H2,1-8H3,(H,58,64)/t38-,39-,40+,42-,43-,44+,45+,46-,48-,54+,55-,56+/m0/s1. The molecule has 0 spiro atoms. The third-order valence-corrected chi connectivity index (χ3v) is 15.5. The van der Waals surface area contributed by atoms with Crippen LogP contribution in [0, 0.1) is 22.7 Å². The first-order valence-corrected chi connectivity index (χ1v) is 24.9. The Morgan fingerprint density at radius 3 is 2.00 bits per heavy atom. The summed E-state index contributed by atoms with van der Waals surface area (Å²) < 4.78 is 37.2. The zero-order valence-corrected chi connectivity index (χ0v) is 42.9. The Labute approximate surface area is 429 Å². The summed E-state index contributed by atoms with van der Waals surface area (Å²) in [5.41, 5.74) is -7.50. The Bertz CT molecular complexity index is 2640. The van der Waals surface area contributed by atoms with Crippen molar-refractivity contribution in [3.05, 3.63) is 119 Å². The zero-order chi connectivity index (χ0) is 53.9. The lowest BCUT2D eigenvalue weighted by atomic mass is 9.44. The third-order valence-electron chi connectivity index (χ3n) is 15.5. The number of amides is 1. The van der Waals surface area contributed by atoms with Gasteiger partial charge in [-0.25, -0.2) is 9.59 Å². The summed E-state index contributed by atoms with van der Waals surface area (Å²) in [6.45, 7) is 11.6. The maximum atomic E-state index is 15.8. The first-order valence-electron chi connectivity index (χ1n) is 24.9. The van der Waals surface area contributed by atoms with Crippen LogP contribution in [0.4, 0.5) is 0 Å². The first-order chi connectivity index (χ1) is 35.0. The lowest BCUT2D eigenvalue weighted by molar-refractivity contribution is -0.346. The molecule has 0 unspecified atom stereocenters. The highest BCUT2D eigenvalue weighted by atomic mass is 16.6. The van der Waals surface area contributed by atoms with Crippen molar-refractivity contribution in [2.75, 3.05) is 13.2 Å². The topological polar surface area (TPSA) is 256 Å². The van der Waals surface area contributed by atoms with E-state index in [1.54, 1.807) is 107 Å². The Balaban J connectivity index is 1.42. The van der Waals surface area contributed by atoms with Crippen LogP contribution in [-0.2, 0) is 57.2 Å². The second-order valence-corrected chi connectivity index (χ2v) is 20.8. The Hall–Kier alpha value is -6.60. The van der Waals surface area contributed by atoms with E-state index in [-0.39, 0.29) is 48.3 Å². The molecule has 4 N–H and O–H groups in total. The van der Waals surface area contributed by atoms with Crippen molar-refractivity contribution in [2.45, 2.75) is 141 Å². The van der Waals surface area contributed by atoms with Crippen LogP contribution in [0.25, 0.3) is 0 Å². The van der Waals surface area contributed by atoms with E-state index in [1.165, 1.54) is 26.0 Å². The van der Waals surface area contributed by atoms with Gasteiger partial charge in [0, 0.05) is 44.1 Å². The van der Waals surface area contributed by atoms with Gasteiger partial charge in [0.2, 0.25) is 6.10 Å². The SMILES string of the molecule is CC(=O)O[C@H]1C(=O)[C@@]2(C)[C@H]([C@H](OC(=O)c3ccccc3)[C@]3(O)C[C@H](OC(=O)[C@H](OC(=O)[C@@H](NCCCC=O)C(C)C)[C@@H](NC(=O)c4ccccc4)c4ccccc4)C(C)=C1C3(C)C)[C@]1(OC(C)=O)CO[C@@H]1C[C@@H]2O. The van der Waals surface area contributed by atoms with Crippen molar-refractivity contribution in [3.63, 3.8) is 0 Å². The predicted molar refractivity (Wildman–Crippen MR) is 263 cm³/mol. The van der Waals surface area contributed by atoms with E-state index in [9.17, 15) is 39.0 Å². The molecule has 4 aliphatic rings. The van der Waals surface area contributed by atoms with Crippen LogP contribution in [0.2, 0.25) is 0 Å². The van der Waals surface area contributed by atoms with E-state index in [4.69, 9.17) is 28.4 Å². The minimum Gasteiger partial charge on any atom is -0.455 e. The first kappa shape index (κ1) is 55.2. The normalized spacial score (nSPS) is 29.0. The molecule has 0 radical (unpaired) electrons. The van der Waals surface area contributed by atoms with E-state index in [0.29, 0.717) is 12.0 Å². The average molecular weight is 1020 g/mol. The summed E-state index contributed by atoms with van der Waals surface area (Å²) in [4.78, 5) is 112. The van der Waals surface area contributed by atoms with Crippen molar-refractivity contribution in [1.82, 2.24) is 10.6 Å². The van der Waals surface area contributed by atoms with Gasteiger partial charge >= 0.3 is 29.8 Å². The highest BCUT2D eigenvalue weighted by Crippen LogP contribution is 2.64. The molecule has 18 heteroatoms. The molecule has 7 rings (SSSR count). The van der Waals surface area contributed by atoms with Crippen molar-refractivity contribution >= 4 is 47.8 Å². The Morgan fingerprint density at radius 1 is 0.838 bits per heavy atom. The minimum atomic E-state index is -2.48. The molecule has 3 aromatic rings. The number of ketones is 1. The van der Waals surface area contributed by atoms with Crippen molar-refractivity contribution in [3.8, 4) is 0 Å². The zero-order valence-electron chi connectivity index (χ0n) is 42.9. The number of benzene rings is 3. The van der Waals surface area contributed by atoms with Crippen LogP contribution in [0.15, 0.2) is 102 Å². The summed E-state index contributed by atoms with van der Waals surface area (Å²) in [6.07, 6.45) is -9.50. The molecule has 1 saturated heterocycles. The smallest absolute Gasteiger partial charge is 0.350 e. The number of rotatable bonds is 18. The number of nitrogens with one attached hydrogen (secondary N) is 2. The van der Waals surface area contributed by atoms with Crippen LogP contribution >= 0.6 is 0 Å². The van der Waals surface area contributed by atoms with Crippen molar-refractivity contribution in [1.29, 1.82) is 0 Å². The minimum absolute atomic E-state index is 0.0407. The van der Waals surface area contributed by atoms with E-state index in [0.717, 1.165) is 20.1 Å². The van der Waals surface area contributed by atoms with Gasteiger partial charge in [0.25, 0.3) is 5.91 Å². The van der Waals surface area contributed by atoms with Gasteiger partial charge < -0.3 is 54.1 Å². The number of esters is 5. The van der Waals surface area contributed by atoms with E-state index in [2.05, 4.69) is 10.6 Å². The monoisotopic (exact) mass is 1020 g/mol. The highest BCUT2D eigenvalue weighted by Gasteiger charge is 2.78. The fourth-order valence-electron chi connectivity index (χ4n) is 11.5. The summed E-state index contributed by atoms with van der Waals surface area (Å²) >= 11 is 0. The van der Waals surface area contributed by atoms with Gasteiger partial charge in [-0.3, -0.25) is 24.0 Å². The molecule has 3 aliphatic carbocycles. The molecular formula is C56H66N2O16. The van der Waals surface area contributed by atoms with Crippen molar-refractivity contribution in [2.24, 2.45) is 22.7 Å². The van der Waals surface area contributed by atoms with E-state index >= 15 is 9.59 Å². The molecule has 1 aliphatic heterocycles. The van der Waals surface area contributed by atoms with Gasteiger partial charge in [-0.1, -0.05) is 94.4 Å². The Morgan fingerprint density at radius 2 is 1.45 bits per heavy atom. The fraction of sp³-hybridized carbons (Fsp3) is 0.500. The van der Waals surface area contributed by atoms with E-state index in [1.807, 2.05) is 0 Å². The Kier molecular flexibility index (Phi) is 16.5. The molecule has 74 heavy (non-hydrogen) atoms. The number of aliphatic hydroxyl groups is 2. The number of unbranched alkanes of at least 4 members (excludes halogenated alkanes) is 1. The summed E-state index contributed by atoms with van der Waals surface area (Å²) in [7, 11) is 0. The summed E-state index contributed by atoms with van der Waals surface area (Å²) in [5.74, 6) is -8.37. The average Bonchev–Trinajstić information content (AvgIpc) is 3.36. The molecule has 396 valence electrons. The lowest BCUT2D eigenvalue weighted by Crippen LogP contribution is -2.82. The van der Waals surface area contributed by atoms with Gasteiger partial charge in [-0.2, -0.15) is 0 Å². The van der Waals surface area contributed by atoms with Crippen LogP contribution in [0.1, 0.15) is 113 Å². The molecule has 0 aromatic heterocycles. The number of aldehydes is 1. The number of ether oxygens (including phenoxy) is 6. The molecule has 12 atom stereocenters. The number of fused-ring (bicyclic) bond motifs is 5. The van der Waals surface area contributed by atoms with Gasteiger partial charge in [-0.15, -0.1) is 0 Å². The molecular weight excluding hydrogens is 957 g/mol. The van der Waals surface area contributed by atoms with Crippen LogP contribution in [0.3, 0.4) is 0 Å². The molecule has 3 aromatic carbocycles. The number of Topliss-reactive ketones (excluding diaryl/α,β-unsaturated/α-hetero) is 1. The molecule has 2 bridgehead atoms. The van der Waals surface area contributed by atoms with Gasteiger partial charge in [0.1, 0.15) is 42.3 Å². The number of carbonyl (C=O) groups excluding carboxylic acids is 8. The lowest BCUT2D eigenvalue weighted by Gasteiger charge is -2.67. The third kappa shape index (κ3) is 10.3. The maximum Gasteiger partial charge on any atom is 0.350 e. The van der Waals surface area contributed by atoms with Crippen LogP contribution < -0.4 is 10.6 Å². The highest BCUT2D eigenvalue weighted by molar-refractivity contribution is 5.96. The molecule has 1 heterocycles.